The summed E-state index contributed by atoms with van der Waals surface area (Å²) in [6.45, 7) is 6.60. The van der Waals surface area contributed by atoms with E-state index in [9.17, 15) is 0 Å². The van der Waals surface area contributed by atoms with Crippen LogP contribution in [-0.2, 0) is 0 Å². The Morgan fingerprint density at radius 2 is 1.89 bits per heavy atom. The standard InChI is InChI=1S/C14H20BrClO2/c1-6-14(2,3)13(15)9-7-8-10(17-4)11(16)12(9)18-5/h7-8,13H,6H2,1-5H3. The Morgan fingerprint density at radius 1 is 1.28 bits per heavy atom. The summed E-state index contributed by atoms with van der Waals surface area (Å²) in [7, 11) is 3.23. The Balaban J connectivity index is 3.29. The molecule has 0 aliphatic heterocycles. The zero-order valence-corrected chi connectivity index (χ0v) is 13.9. The lowest BCUT2D eigenvalue weighted by Gasteiger charge is -2.30. The molecule has 0 aromatic heterocycles. The minimum absolute atomic E-state index is 0.116. The van der Waals surface area contributed by atoms with E-state index in [1.807, 2.05) is 12.1 Å². The van der Waals surface area contributed by atoms with Crippen molar-refractivity contribution in [1.29, 1.82) is 0 Å². The van der Waals surface area contributed by atoms with Crippen LogP contribution in [0.15, 0.2) is 12.1 Å². The summed E-state index contributed by atoms with van der Waals surface area (Å²) < 4.78 is 10.6. The number of halogens is 2. The van der Waals surface area contributed by atoms with Crippen molar-refractivity contribution >= 4 is 27.5 Å². The molecule has 2 nitrogen and oxygen atoms in total. The van der Waals surface area contributed by atoms with E-state index >= 15 is 0 Å². The van der Waals surface area contributed by atoms with Crippen LogP contribution in [0.2, 0.25) is 5.02 Å². The highest BCUT2D eigenvalue weighted by Crippen LogP contribution is 2.49. The van der Waals surface area contributed by atoms with Gasteiger partial charge in [0.05, 0.1) is 14.2 Å². The molecule has 1 unspecified atom stereocenters. The fraction of sp³-hybridized carbons (Fsp3) is 0.571. The van der Waals surface area contributed by atoms with Crippen LogP contribution < -0.4 is 9.47 Å². The van der Waals surface area contributed by atoms with Crippen molar-refractivity contribution in [2.75, 3.05) is 14.2 Å². The molecule has 0 spiro atoms. The smallest absolute Gasteiger partial charge is 0.145 e. The number of hydrogen-bond donors (Lipinski definition) is 0. The number of alkyl halides is 1. The van der Waals surface area contributed by atoms with E-state index in [1.54, 1.807) is 14.2 Å². The summed E-state index contributed by atoms with van der Waals surface area (Å²) in [5.41, 5.74) is 1.17. The van der Waals surface area contributed by atoms with Crippen LogP contribution in [0.25, 0.3) is 0 Å². The molecule has 0 amide bonds. The van der Waals surface area contributed by atoms with Gasteiger partial charge in [0.15, 0.2) is 0 Å². The molecule has 1 rings (SSSR count). The molecule has 1 atom stereocenters. The van der Waals surface area contributed by atoms with Gasteiger partial charge in [-0.2, -0.15) is 0 Å². The molecule has 18 heavy (non-hydrogen) atoms. The molecule has 1 aromatic carbocycles. The van der Waals surface area contributed by atoms with Gasteiger partial charge in [-0.05, 0) is 17.9 Å². The van der Waals surface area contributed by atoms with Crippen LogP contribution in [0.1, 0.15) is 37.6 Å². The van der Waals surface area contributed by atoms with Gasteiger partial charge in [-0.25, -0.2) is 0 Å². The summed E-state index contributed by atoms with van der Waals surface area (Å²) >= 11 is 10.0. The first kappa shape index (κ1) is 15.6. The number of benzene rings is 1. The molecule has 0 saturated heterocycles. The molecule has 0 aliphatic rings. The second-order valence-electron chi connectivity index (χ2n) is 4.91. The molecule has 0 radical (unpaired) electrons. The predicted molar refractivity (Wildman–Crippen MR) is 80.3 cm³/mol. The van der Waals surface area contributed by atoms with Gasteiger partial charge in [0.25, 0.3) is 0 Å². The fourth-order valence-electron chi connectivity index (χ4n) is 1.72. The second kappa shape index (κ2) is 6.16. The van der Waals surface area contributed by atoms with E-state index in [1.165, 1.54) is 0 Å². The van der Waals surface area contributed by atoms with Gasteiger partial charge in [0.2, 0.25) is 0 Å². The van der Waals surface area contributed by atoms with Crippen molar-refractivity contribution in [2.45, 2.75) is 32.0 Å². The van der Waals surface area contributed by atoms with Crippen LogP contribution in [0.5, 0.6) is 11.5 Å². The molecular weight excluding hydrogens is 316 g/mol. The zero-order valence-electron chi connectivity index (χ0n) is 11.5. The van der Waals surface area contributed by atoms with Gasteiger partial charge >= 0.3 is 0 Å². The van der Waals surface area contributed by atoms with Gasteiger partial charge in [-0.1, -0.05) is 54.4 Å². The Labute approximate surface area is 123 Å². The molecule has 0 saturated carbocycles. The third-order valence-corrected chi connectivity index (χ3v) is 5.48. The lowest BCUT2D eigenvalue weighted by atomic mass is 9.83. The molecule has 0 N–H and O–H groups in total. The van der Waals surface area contributed by atoms with Crippen molar-refractivity contribution in [3.63, 3.8) is 0 Å². The molecular formula is C14H20BrClO2. The van der Waals surface area contributed by atoms with E-state index in [2.05, 4.69) is 36.7 Å². The molecule has 0 heterocycles. The Hall–Kier alpha value is -0.410. The van der Waals surface area contributed by atoms with Gasteiger partial charge in [0, 0.05) is 10.4 Å². The Kier molecular flexibility index (Phi) is 5.35. The first-order chi connectivity index (χ1) is 8.38. The topological polar surface area (TPSA) is 18.5 Å². The minimum atomic E-state index is 0.116. The third-order valence-electron chi connectivity index (χ3n) is 3.39. The van der Waals surface area contributed by atoms with E-state index in [-0.39, 0.29) is 10.2 Å². The predicted octanol–water partition coefficient (Wildman–Crippen LogP) is 5.23. The number of rotatable bonds is 5. The minimum Gasteiger partial charge on any atom is -0.495 e. The molecule has 0 fully saturated rings. The van der Waals surface area contributed by atoms with Crippen molar-refractivity contribution in [3.8, 4) is 11.5 Å². The van der Waals surface area contributed by atoms with Crippen LogP contribution in [-0.4, -0.2) is 14.2 Å². The van der Waals surface area contributed by atoms with Gasteiger partial charge in [0.1, 0.15) is 16.5 Å². The van der Waals surface area contributed by atoms with Gasteiger partial charge in [-0.3, -0.25) is 0 Å². The second-order valence-corrected chi connectivity index (χ2v) is 6.20. The monoisotopic (exact) mass is 334 g/mol. The first-order valence-electron chi connectivity index (χ1n) is 5.93. The van der Waals surface area contributed by atoms with Crippen molar-refractivity contribution in [1.82, 2.24) is 0 Å². The Bertz CT molecular complexity index is 419. The van der Waals surface area contributed by atoms with Crippen LogP contribution in [0.3, 0.4) is 0 Å². The lowest BCUT2D eigenvalue weighted by Crippen LogP contribution is -2.17. The van der Waals surface area contributed by atoms with E-state index in [0.29, 0.717) is 16.5 Å². The molecule has 1 aromatic rings. The summed E-state index contributed by atoms with van der Waals surface area (Å²) in [6, 6.07) is 3.88. The van der Waals surface area contributed by atoms with Crippen LogP contribution in [0.4, 0.5) is 0 Å². The Morgan fingerprint density at radius 3 is 2.33 bits per heavy atom. The number of methoxy groups -OCH3 is 2. The number of hydrogen-bond acceptors (Lipinski definition) is 2. The quantitative estimate of drug-likeness (QED) is 0.686. The SMILES string of the molecule is CCC(C)(C)C(Br)c1ccc(OC)c(Cl)c1OC. The third kappa shape index (κ3) is 2.94. The first-order valence-corrected chi connectivity index (χ1v) is 7.22. The highest BCUT2D eigenvalue weighted by atomic mass is 79.9. The highest BCUT2D eigenvalue weighted by molar-refractivity contribution is 9.09. The fourth-order valence-corrected chi connectivity index (χ4v) is 2.73. The van der Waals surface area contributed by atoms with E-state index in [0.717, 1.165) is 12.0 Å². The summed E-state index contributed by atoms with van der Waals surface area (Å²) in [5.74, 6) is 1.31. The molecule has 102 valence electrons. The highest BCUT2D eigenvalue weighted by Gasteiger charge is 2.30. The normalized spacial score (nSPS) is 13.3. The largest absolute Gasteiger partial charge is 0.495 e. The van der Waals surface area contributed by atoms with Crippen molar-refractivity contribution < 1.29 is 9.47 Å². The van der Waals surface area contributed by atoms with E-state index < -0.39 is 0 Å². The van der Waals surface area contributed by atoms with Crippen molar-refractivity contribution in [3.05, 3.63) is 22.7 Å². The van der Waals surface area contributed by atoms with Crippen LogP contribution >= 0.6 is 27.5 Å². The molecule has 0 aliphatic carbocycles. The summed E-state index contributed by atoms with van der Waals surface area (Å²) in [4.78, 5) is 0.174. The van der Waals surface area contributed by atoms with E-state index in [4.69, 9.17) is 21.1 Å². The zero-order chi connectivity index (χ0) is 13.9. The average molecular weight is 336 g/mol. The van der Waals surface area contributed by atoms with Gasteiger partial charge in [-0.15, -0.1) is 0 Å². The molecule has 0 bridgehead atoms. The maximum absolute atomic E-state index is 6.28. The van der Waals surface area contributed by atoms with Gasteiger partial charge < -0.3 is 9.47 Å². The van der Waals surface area contributed by atoms with Crippen LogP contribution in [0, 0.1) is 5.41 Å². The maximum Gasteiger partial charge on any atom is 0.145 e. The average Bonchev–Trinajstić information content (AvgIpc) is 2.37. The van der Waals surface area contributed by atoms with Crippen molar-refractivity contribution in [2.24, 2.45) is 5.41 Å². The lowest BCUT2D eigenvalue weighted by molar-refractivity contribution is 0.333. The number of ether oxygens (including phenoxy) is 2. The molecule has 4 heteroatoms. The summed E-state index contributed by atoms with van der Waals surface area (Å²) in [6.07, 6.45) is 1.05. The maximum atomic E-state index is 6.28. The summed E-state index contributed by atoms with van der Waals surface area (Å²) in [5, 5.41) is 0.522.